The van der Waals surface area contributed by atoms with Gasteiger partial charge in [0, 0.05) is 70.5 Å². The lowest BCUT2D eigenvalue weighted by Gasteiger charge is -2.42. The van der Waals surface area contributed by atoms with E-state index in [2.05, 4.69) is 29.7 Å². The summed E-state index contributed by atoms with van der Waals surface area (Å²) in [4.78, 5) is 33.4. The van der Waals surface area contributed by atoms with Gasteiger partial charge in [-0.3, -0.25) is 19.4 Å². The third-order valence-electron chi connectivity index (χ3n) is 7.47. The number of hydrogen-bond donors (Lipinski definition) is 0. The molecule has 6 heteroatoms. The molecule has 4 aliphatic rings. The van der Waals surface area contributed by atoms with Gasteiger partial charge in [-0.2, -0.15) is 0 Å². The number of carbonyl (C=O) groups excluding carboxylic acids is 2. The van der Waals surface area contributed by atoms with E-state index in [0.717, 1.165) is 39.3 Å². The Hall–Kier alpha value is -1.40. The van der Waals surface area contributed by atoms with E-state index < -0.39 is 0 Å². The predicted molar refractivity (Wildman–Crippen MR) is 110 cm³/mol. The van der Waals surface area contributed by atoms with Crippen molar-refractivity contribution in [1.82, 2.24) is 19.6 Å². The van der Waals surface area contributed by atoms with Gasteiger partial charge in [0.1, 0.15) is 0 Å². The average molecular weight is 389 g/mol. The van der Waals surface area contributed by atoms with E-state index in [-0.39, 0.29) is 17.9 Å². The highest BCUT2D eigenvalue weighted by atomic mass is 16.2. The molecule has 4 aliphatic heterocycles. The monoisotopic (exact) mass is 388 g/mol. The van der Waals surface area contributed by atoms with Crippen molar-refractivity contribution in [3.8, 4) is 0 Å². The molecule has 4 rings (SSSR count). The molecular weight excluding hydrogens is 352 g/mol. The van der Waals surface area contributed by atoms with E-state index in [4.69, 9.17) is 0 Å². The van der Waals surface area contributed by atoms with Crippen LogP contribution in [-0.2, 0) is 9.59 Å². The van der Waals surface area contributed by atoms with Crippen molar-refractivity contribution in [2.24, 2.45) is 11.8 Å². The molecule has 0 aromatic rings. The smallest absolute Gasteiger partial charge is 0.234 e. The lowest BCUT2D eigenvalue weighted by Crippen LogP contribution is -2.52. The van der Waals surface area contributed by atoms with Gasteiger partial charge in [-0.15, -0.1) is 0 Å². The van der Waals surface area contributed by atoms with E-state index >= 15 is 0 Å². The van der Waals surface area contributed by atoms with Crippen LogP contribution in [0, 0.1) is 11.8 Å². The van der Waals surface area contributed by atoms with Gasteiger partial charge in [-0.1, -0.05) is 6.08 Å². The first-order valence-electron chi connectivity index (χ1n) is 11.2. The molecule has 28 heavy (non-hydrogen) atoms. The summed E-state index contributed by atoms with van der Waals surface area (Å²) in [7, 11) is 0. The number of rotatable bonds is 5. The Bertz CT molecular complexity index is 612. The van der Waals surface area contributed by atoms with Gasteiger partial charge >= 0.3 is 0 Å². The maximum absolute atomic E-state index is 12.8. The maximum atomic E-state index is 12.8. The van der Waals surface area contributed by atoms with Crippen LogP contribution in [0.5, 0.6) is 0 Å². The summed E-state index contributed by atoms with van der Waals surface area (Å²) in [6.45, 7) is 11.8. The lowest BCUT2D eigenvalue weighted by atomic mass is 9.81. The van der Waals surface area contributed by atoms with Gasteiger partial charge in [0.15, 0.2) is 0 Å². The predicted octanol–water partition coefficient (Wildman–Crippen LogP) is 1.77. The molecule has 6 nitrogen and oxygen atoms in total. The summed E-state index contributed by atoms with van der Waals surface area (Å²) in [5.74, 6) is 1.13. The minimum atomic E-state index is 0.104. The Balaban J connectivity index is 1.28. The fourth-order valence-electron chi connectivity index (χ4n) is 5.82. The van der Waals surface area contributed by atoms with E-state index in [9.17, 15) is 9.59 Å². The van der Waals surface area contributed by atoms with Crippen LogP contribution in [0.1, 0.15) is 46.5 Å². The first kappa shape index (κ1) is 19.9. The van der Waals surface area contributed by atoms with Crippen molar-refractivity contribution in [3.05, 3.63) is 12.3 Å². The second-order valence-corrected chi connectivity index (χ2v) is 9.41. The van der Waals surface area contributed by atoms with Gasteiger partial charge in [-0.05, 0) is 45.4 Å². The molecule has 0 aromatic carbocycles. The number of fused-ring (bicyclic) bond motifs is 2. The number of piperidine rings is 1. The van der Waals surface area contributed by atoms with Crippen molar-refractivity contribution in [2.45, 2.75) is 64.6 Å². The highest BCUT2D eigenvalue weighted by molar-refractivity contribution is 5.84. The second-order valence-electron chi connectivity index (χ2n) is 9.41. The average Bonchev–Trinajstić information content (AvgIpc) is 3.16. The number of amides is 2. The molecule has 156 valence electrons. The van der Waals surface area contributed by atoms with Gasteiger partial charge in [-0.25, -0.2) is 0 Å². The SMILES string of the molecule is CC(=O)N1CCN(CCN2C3CCC2CC(C2C=CN(C(C)C)C2=O)C3)CC1. The van der Waals surface area contributed by atoms with Crippen molar-refractivity contribution < 1.29 is 9.59 Å². The molecule has 0 N–H and O–H groups in total. The summed E-state index contributed by atoms with van der Waals surface area (Å²) in [6, 6.07) is 1.56. The minimum absolute atomic E-state index is 0.104. The molecule has 0 radical (unpaired) electrons. The first-order chi connectivity index (χ1) is 13.4. The minimum Gasteiger partial charge on any atom is -0.340 e. The molecule has 2 bridgehead atoms. The van der Waals surface area contributed by atoms with Crippen LogP contribution in [0.25, 0.3) is 0 Å². The van der Waals surface area contributed by atoms with Crippen molar-refractivity contribution in [3.63, 3.8) is 0 Å². The Morgan fingerprint density at radius 3 is 2.25 bits per heavy atom. The van der Waals surface area contributed by atoms with Gasteiger partial charge in [0.2, 0.25) is 11.8 Å². The summed E-state index contributed by atoms with van der Waals surface area (Å²) < 4.78 is 0. The third kappa shape index (κ3) is 3.86. The van der Waals surface area contributed by atoms with Crippen LogP contribution >= 0.6 is 0 Å². The quantitative estimate of drug-likeness (QED) is 0.720. The van der Waals surface area contributed by atoms with Gasteiger partial charge in [0.25, 0.3) is 0 Å². The van der Waals surface area contributed by atoms with Crippen LogP contribution in [-0.4, -0.2) is 88.8 Å². The number of carbonyl (C=O) groups is 2. The highest BCUT2D eigenvalue weighted by Gasteiger charge is 2.45. The van der Waals surface area contributed by atoms with Crippen molar-refractivity contribution in [2.75, 3.05) is 39.3 Å². The zero-order valence-corrected chi connectivity index (χ0v) is 17.7. The maximum Gasteiger partial charge on any atom is 0.234 e. The molecule has 0 aliphatic carbocycles. The Kier molecular flexibility index (Phi) is 5.79. The van der Waals surface area contributed by atoms with Gasteiger partial charge < -0.3 is 9.80 Å². The summed E-state index contributed by atoms with van der Waals surface area (Å²) in [5, 5.41) is 0. The van der Waals surface area contributed by atoms with Gasteiger partial charge in [0.05, 0.1) is 5.92 Å². The zero-order chi connectivity index (χ0) is 19.8. The van der Waals surface area contributed by atoms with Crippen LogP contribution in [0.4, 0.5) is 0 Å². The normalized spacial score (nSPS) is 34.1. The van der Waals surface area contributed by atoms with E-state index in [1.54, 1.807) is 6.92 Å². The first-order valence-corrected chi connectivity index (χ1v) is 11.2. The molecule has 3 saturated heterocycles. The van der Waals surface area contributed by atoms with Crippen LogP contribution in [0.15, 0.2) is 12.3 Å². The molecule has 0 saturated carbocycles. The fraction of sp³-hybridized carbons (Fsp3) is 0.818. The Morgan fingerprint density at radius 1 is 1.07 bits per heavy atom. The molecule has 4 heterocycles. The Labute approximate surface area is 169 Å². The molecule has 3 atom stereocenters. The zero-order valence-electron chi connectivity index (χ0n) is 17.7. The largest absolute Gasteiger partial charge is 0.340 e. The fourth-order valence-corrected chi connectivity index (χ4v) is 5.82. The molecule has 2 amide bonds. The molecule has 3 unspecified atom stereocenters. The number of nitrogens with zero attached hydrogens (tertiary/aromatic N) is 4. The van der Waals surface area contributed by atoms with Crippen molar-refractivity contribution >= 4 is 11.8 Å². The number of hydrogen-bond acceptors (Lipinski definition) is 4. The van der Waals surface area contributed by atoms with E-state index in [1.165, 1.54) is 25.7 Å². The summed E-state index contributed by atoms with van der Waals surface area (Å²) >= 11 is 0. The molecule has 3 fully saturated rings. The standard InChI is InChI=1S/C22H36N4O2/c1-16(2)25-7-6-21(22(25)28)18-14-19-4-5-20(15-18)26(19)13-10-23-8-11-24(12-9-23)17(3)27/h6-7,16,18-21H,4-5,8-15H2,1-3H3. The summed E-state index contributed by atoms with van der Waals surface area (Å²) in [5.41, 5.74) is 0. The van der Waals surface area contributed by atoms with E-state index in [1.807, 2.05) is 16.0 Å². The molecule has 0 aromatic heterocycles. The second kappa shape index (κ2) is 8.15. The molecular formula is C22H36N4O2. The Morgan fingerprint density at radius 2 is 1.71 bits per heavy atom. The highest BCUT2D eigenvalue weighted by Crippen LogP contribution is 2.43. The topological polar surface area (TPSA) is 47.1 Å². The van der Waals surface area contributed by atoms with Crippen LogP contribution < -0.4 is 0 Å². The third-order valence-corrected chi connectivity index (χ3v) is 7.47. The van der Waals surface area contributed by atoms with Crippen molar-refractivity contribution in [1.29, 1.82) is 0 Å². The number of piperazine rings is 1. The van der Waals surface area contributed by atoms with E-state index in [0.29, 0.717) is 23.9 Å². The lowest BCUT2D eigenvalue weighted by molar-refractivity contribution is -0.133. The van der Waals surface area contributed by atoms with Crippen LogP contribution in [0.3, 0.4) is 0 Å². The van der Waals surface area contributed by atoms with Crippen LogP contribution in [0.2, 0.25) is 0 Å². The summed E-state index contributed by atoms with van der Waals surface area (Å²) in [6.07, 6.45) is 9.10. The molecule has 0 spiro atoms.